The minimum absolute atomic E-state index is 0.175. The Kier molecular flexibility index (Phi) is 2.65. The Morgan fingerprint density at radius 1 is 1.50 bits per heavy atom. The van der Waals surface area contributed by atoms with Crippen LogP contribution < -0.4 is 0 Å². The number of nitrogens with zero attached hydrogens (tertiary/aromatic N) is 3. The van der Waals surface area contributed by atoms with Crippen LogP contribution >= 0.6 is 11.6 Å². The zero-order valence-corrected chi connectivity index (χ0v) is 8.28. The molecule has 0 saturated heterocycles. The van der Waals surface area contributed by atoms with Gasteiger partial charge in [0.05, 0.1) is 5.02 Å². The van der Waals surface area contributed by atoms with Crippen molar-refractivity contribution in [2.45, 2.75) is 12.8 Å². The van der Waals surface area contributed by atoms with E-state index >= 15 is 0 Å². The van der Waals surface area contributed by atoms with Gasteiger partial charge in [-0.15, -0.1) is 10.2 Å². The van der Waals surface area contributed by atoms with Crippen molar-refractivity contribution in [2.24, 2.45) is 0 Å². The fourth-order valence-corrected chi connectivity index (χ4v) is 1.60. The Bertz CT molecular complexity index is 441. The topological polar surface area (TPSA) is 50.4 Å². The second kappa shape index (κ2) is 3.94. The molecule has 74 valence electrons. The highest BCUT2D eigenvalue weighted by Gasteiger charge is 2.03. The Labute approximate surface area is 86.1 Å². The highest BCUT2D eigenvalue weighted by molar-refractivity contribution is 6.31. The molecule has 5 heteroatoms. The smallest absolute Gasteiger partial charge is 0.160 e. The monoisotopic (exact) mass is 211 g/mol. The highest BCUT2D eigenvalue weighted by atomic mass is 35.5. The summed E-state index contributed by atoms with van der Waals surface area (Å²) in [6, 6.07) is 1.89. The van der Waals surface area contributed by atoms with E-state index in [2.05, 4.69) is 10.2 Å². The molecule has 4 nitrogen and oxygen atoms in total. The number of aromatic nitrogens is 3. The van der Waals surface area contributed by atoms with Gasteiger partial charge in [-0.05, 0) is 24.5 Å². The van der Waals surface area contributed by atoms with Gasteiger partial charge in [-0.1, -0.05) is 11.6 Å². The summed E-state index contributed by atoms with van der Waals surface area (Å²) in [6.07, 6.45) is 4.86. The summed E-state index contributed by atoms with van der Waals surface area (Å²) < 4.78 is 1.77. The Morgan fingerprint density at radius 2 is 2.36 bits per heavy atom. The first-order valence-electron chi connectivity index (χ1n) is 4.40. The molecule has 0 amide bonds. The molecule has 0 fully saturated rings. The predicted octanol–water partition coefficient (Wildman–Crippen LogP) is 1.31. The quantitative estimate of drug-likeness (QED) is 0.833. The van der Waals surface area contributed by atoms with E-state index in [4.69, 9.17) is 16.7 Å². The standard InChI is InChI=1S/C9H10ClN3O/c10-8-5-13-6-11-12-9(13)4-7(8)2-1-3-14/h4-6,14H,1-3H2. The van der Waals surface area contributed by atoms with Gasteiger partial charge in [0.1, 0.15) is 6.33 Å². The highest BCUT2D eigenvalue weighted by Crippen LogP contribution is 2.18. The molecule has 2 aromatic heterocycles. The molecule has 0 aliphatic rings. The van der Waals surface area contributed by atoms with Crippen molar-refractivity contribution >= 4 is 17.2 Å². The molecular formula is C9H10ClN3O. The summed E-state index contributed by atoms with van der Waals surface area (Å²) in [5.74, 6) is 0. The van der Waals surface area contributed by atoms with Crippen molar-refractivity contribution in [1.29, 1.82) is 0 Å². The second-order valence-corrected chi connectivity index (χ2v) is 3.48. The van der Waals surface area contributed by atoms with Gasteiger partial charge in [-0.2, -0.15) is 0 Å². The van der Waals surface area contributed by atoms with E-state index in [1.54, 1.807) is 16.9 Å². The van der Waals surface area contributed by atoms with Gasteiger partial charge in [-0.25, -0.2) is 0 Å². The first-order chi connectivity index (χ1) is 6.81. The number of aliphatic hydroxyl groups is 1. The summed E-state index contributed by atoms with van der Waals surface area (Å²) in [7, 11) is 0. The Balaban J connectivity index is 2.38. The lowest BCUT2D eigenvalue weighted by atomic mass is 10.1. The van der Waals surface area contributed by atoms with E-state index in [9.17, 15) is 0 Å². The van der Waals surface area contributed by atoms with Crippen LogP contribution in [0.4, 0.5) is 0 Å². The average Bonchev–Trinajstić information content (AvgIpc) is 2.61. The number of fused-ring (bicyclic) bond motifs is 1. The lowest BCUT2D eigenvalue weighted by molar-refractivity contribution is 0.288. The molecule has 2 heterocycles. The van der Waals surface area contributed by atoms with Crippen molar-refractivity contribution in [3.8, 4) is 0 Å². The molecule has 0 atom stereocenters. The van der Waals surface area contributed by atoms with Crippen LogP contribution in [0.25, 0.3) is 5.65 Å². The Hall–Kier alpha value is -1.13. The maximum atomic E-state index is 8.72. The predicted molar refractivity (Wildman–Crippen MR) is 53.4 cm³/mol. The third kappa shape index (κ3) is 1.71. The van der Waals surface area contributed by atoms with Gasteiger partial charge >= 0.3 is 0 Å². The van der Waals surface area contributed by atoms with Crippen molar-refractivity contribution < 1.29 is 5.11 Å². The zero-order chi connectivity index (χ0) is 9.97. The van der Waals surface area contributed by atoms with E-state index in [0.29, 0.717) is 11.4 Å². The SMILES string of the molecule is OCCCc1cc2nncn2cc1Cl. The lowest BCUT2D eigenvalue weighted by Crippen LogP contribution is -1.93. The third-order valence-electron chi connectivity index (χ3n) is 2.07. The number of pyridine rings is 1. The summed E-state index contributed by atoms with van der Waals surface area (Å²) in [4.78, 5) is 0. The van der Waals surface area contributed by atoms with Crippen LogP contribution in [0.15, 0.2) is 18.6 Å². The number of aliphatic hydroxyl groups excluding tert-OH is 1. The second-order valence-electron chi connectivity index (χ2n) is 3.07. The molecule has 0 saturated carbocycles. The lowest BCUT2D eigenvalue weighted by Gasteiger charge is -2.03. The van der Waals surface area contributed by atoms with Crippen LogP contribution in [0.3, 0.4) is 0 Å². The van der Waals surface area contributed by atoms with Crippen LogP contribution in [0.5, 0.6) is 0 Å². The molecule has 2 rings (SSSR count). The first kappa shape index (κ1) is 9.43. The fraction of sp³-hybridized carbons (Fsp3) is 0.333. The minimum Gasteiger partial charge on any atom is -0.396 e. The largest absolute Gasteiger partial charge is 0.396 e. The molecule has 0 bridgehead atoms. The summed E-state index contributed by atoms with van der Waals surface area (Å²) >= 11 is 6.04. The molecule has 1 N–H and O–H groups in total. The van der Waals surface area contributed by atoms with E-state index < -0.39 is 0 Å². The van der Waals surface area contributed by atoms with Crippen molar-refractivity contribution in [2.75, 3.05) is 6.61 Å². The number of rotatable bonds is 3. The number of aryl methyl sites for hydroxylation is 1. The molecular weight excluding hydrogens is 202 g/mol. The van der Waals surface area contributed by atoms with E-state index in [1.807, 2.05) is 6.07 Å². The molecule has 0 aliphatic carbocycles. The van der Waals surface area contributed by atoms with Crippen molar-refractivity contribution in [3.63, 3.8) is 0 Å². The normalized spacial score (nSPS) is 11.0. The van der Waals surface area contributed by atoms with Gasteiger partial charge in [0.2, 0.25) is 0 Å². The molecule has 0 radical (unpaired) electrons. The number of halogens is 1. The minimum atomic E-state index is 0.175. The average molecular weight is 212 g/mol. The first-order valence-corrected chi connectivity index (χ1v) is 4.77. The summed E-state index contributed by atoms with van der Waals surface area (Å²) in [6.45, 7) is 0.175. The van der Waals surface area contributed by atoms with Crippen LogP contribution in [0.1, 0.15) is 12.0 Å². The molecule has 0 unspecified atom stereocenters. The molecule has 0 aromatic carbocycles. The van der Waals surface area contributed by atoms with Crippen LogP contribution in [-0.2, 0) is 6.42 Å². The van der Waals surface area contributed by atoms with Gasteiger partial charge in [-0.3, -0.25) is 4.40 Å². The van der Waals surface area contributed by atoms with Crippen molar-refractivity contribution in [3.05, 3.63) is 29.2 Å². The summed E-state index contributed by atoms with van der Waals surface area (Å²) in [5.41, 5.74) is 1.78. The number of hydrogen-bond donors (Lipinski definition) is 1. The van der Waals surface area contributed by atoms with Crippen LogP contribution in [-0.4, -0.2) is 26.3 Å². The maximum absolute atomic E-state index is 8.72. The van der Waals surface area contributed by atoms with Gasteiger partial charge < -0.3 is 5.11 Å². The van der Waals surface area contributed by atoms with E-state index in [1.165, 1.54) is 0 Å². The van der Waals surface area contributed by atoms with E-state index in [-0.39, 0.29) is 6.61 Å². The van der Waals surface area contributed by atoms with Crippen LogP contribution in [0, 0.1) is 0 Å². The van der Waals surface area contributed by atoms with Gasteiger partial charge in [0, 0.05) is 12.8 Å². The molecule has 0 spiro atoms. The summed E-state index contributed by atoms with van der Waals surface area (Å²) in [5, 5.41) is 17.1. The molecule has 0 aliphatic heterocycles. The van der Waals surface area contributed by atoms with Crippen LogP contribution in [0.2, 0.25) is 5.02 Å². The third-order valence-corrected chi connectivity index (χ3v) is 2.41. The van der Waals surface area contributed by atoms with Gasteiger partial charge in [0.25, 0.3) is 0 Å². The maximum Gasteiger partial charge on any atom is 0.160 e. The fourth-order valence-electron chi connectivity index (χ4n) is 1.35. The Morgan fingerprint density at radius 3 is 3.14 bits per heavy atom. The number of hydrogen-bond acceptors (Lipinski definition) is 3. The molecule has 14 heavy (non-hydrogen) atoms. The van der Waals surface area contributed by atoms with E-state index in [0.717, 1.165) is 17.6 Å². The molecule has 2 aromatic rings. The van der Waals surface area contributed by atoms with Gasteiger partial charge in [0.15, 0.2) is 5.65 Å². The van der Waals surface area contributed by atoms with Crippen molar-refractivity contribution in [1.82, 2.24) is 14.6 Å². The zero-order valence-electron chi connectivity index (χ0n) is 7.52.